The third kappa shape index (κ3) is 4.59. The minimum absolute atomic E-state index is 0.215. The van der Waals surface area contributed by atoms with E-state index in [4.69, 9.17) is 5.11 Å². The van der Waals surface area contributed by atoms with E-state index in [0.29, 0.717) is 6.54 Å². The highest BCUT2D eigenvalue weighted by Crippen LogP contribution is 2.15. The van der Waals surface area contributed by atoms with Crippen molar-refractivity contribution in [1.82, 2.24) is 14.8 Å². The number of nitrogens with one attached hydrogen (secondary N) is 1. The molecule has 0 bridgehead atoms. The first-order valence-corrected chi connectivity index (χ1v) is 8.97. The number of benzene rings is 1. The van der Waals surface area contributed by atoms with Crippen LogP contribution in [0, 0.1) is 0 Å². The van der Waals surface area contributed by atoms with Gasteiger partial charge in [0.15, 0.2) is 0 Å². The summed E-state index contributed by atoms with van der Waals surface area (Å²) in [5.41, 5.74) is 3.34. The average Bonchev–Trinajstić information content (AvgIpc) is 3.10. The lowest BCUT2D eigenvalue weighted by atomic mass is 10.3. The zero-order chi connectivity index (χ0) is 16.6. The van der Waals surface area contributed by atoms with Gasteiger partial charge in [-0.1, -0.05) is 18.2 Å². The molecule has 0 aliphatic rings. The normalized spacial score (nSPS) is 10.7. The van der Waals surface area contributed by atoms with Crippen molar-refractivity contribution in [1.29, 1.82) is 0 Å². The number of anilines is 1. The van der Waals surface area contributed by atoms with Gasteiger partial charge >= 0.3 is 0 Å². The van der Waals surface area contributed by atoms with Gasteiger partial charge < -0.3 is 10.4 Å². The van der Waals surface area contributed by atoms with Crippen LogP contribution in [0.15, 0.2) is 61.1 Å². The minimum atomic E-state index is 0.215. The van der Waals surface area contributed by atoms with Crippen LogP contribution in [-0.4, -0.2) is 32.2 Å². The highest BCUT2D eigenvalue weighted by molar-refractivity contribution is 7.98. The Bertz CT molecular complexity index is 760. The number of aliphatic hydroxyl groups is 1. The first-order valence-electron chi connectivity index (χ1n) is 7.81. The summed E-state index contributed by atoms with van der Waals surface area (Å²) in [5, 5.41) is 16.6. The second kappa shape index (κ2) is 8.52. The molecule has 0 atom stereocenters. The van der Waals surface area contributed by atoms with Crippen LogP contribution in [0.25, 0.3) is 5.69 Å². The van der Waals surface area contributed by atoms with Gasteiger partial charge in [0.2, 0.25) is 0 Å². The van der Waals surface area contributed by atoms with Crippen molar-refractivity contribution in [2.45, 2.75) is 12.3 Å². The lowest BCUT2D eigenvalue weighted by molar-refractivity contribution is 0.322. The number of para-hydroxylation sites is 1. The molecule has 0 fully saturated rings. The Morgan fingerprint density at radius 3 is 2.83 bits per heavy atom. The monoisotopic (exact) mass is 340 g/mol. The van der Waals surface area contributed by atoms with E-state index >= 15 is 0 Å². The smallest absolute Gasteiger partial charge is 0.126 e. The van der Waals surface area contributed by atoms with E-state index in [2.05, 4.69) is 15.4 Å². The quantitative estimate of drug-likeness (QED) is 0.617. The molecule has 1 aromatic carbocycles. The molecule has 2 heterocycles. The lowest BCUT2D eigenvalue weighted by Gasteiger charge is -2.06. The van der Waals surface area contributed by atoms with Crippen molar-refractivity contribution in [3.8, 4) is 5.69 Å². The van der Waals surface area contributed by atoms with Gasteiger partial charge in [-0.2, -0.15) is 16.9 Å². The molecule has 3 aromatic rings. The Hall–Kier alpha value is -2.31. The van der Waals surface area contributed by atoms with E-state index in [1.165, 1.54) is 5.56 Å². The van der Waals surface area contributed by atoms with Gasteiger partial charge in [0.05, 0.1) is 18.5 Å². The van der Waals surface area contributed by atoms with Gasteiger partial charge in [-0.25, -0.2) is 9.67 Å². The number of aromatic nitrogens is 3. The Balaban J connectivity index is 1.58. The summed E-state index contributed by atoms with van der Waals surface area (Å²) in [7, 11) is 0. The summed E-state index contributed by atoms with van der Waals surface area (Å²) >= 11 is 1.71. The SMILES string of the molecule is OCCSCc1ccnc(NCc2cnn(-c3ccccc3)c2)c1. The molecule has 0 spiro atoms. The maximum atomic E-state index is 8.84. The highest BCUT2D eigenvalue weighted by atomic mass is 32.2. The second-order valence-electron chi connectivity index (χ2n) is 5.31. The fourth-order valence-corrected chi connectivity index (χ4v) is 2.97. The van der Waals surface area contributed by atoms with E-state index in [-0.39, 0.29) is 6.61 Å². The molecule has 0 aliphatic carbocycles. The van der Waals surface area contributed by atoms with Crippen LogP contribution in [0.1, 0.15) is 11.1 Å². The van der Waals surface area contributed by atoms with Gasteiger partial charge in [-0.05, 0) is 29.8 Å². The molecule has 0 aliphatic heterocycles. The van der Waals surface area contributed by atoms with Crippen LogP contribution < -0.4 is 5.32 Å². The molecular formula is C18H20N4OS. The van der Waals surface area contributed by atoms with E-state index in [9.17, 15) is 0 Å². The van der Waals surface area contributed by atoms with Crippen molar-refractivity contribution < 1.29 is 5.11 Å². The topological polar surface area (TPSA) is 63.0 Å². The molecule has 0 saturated heterocycles. The maximum absolute atomic E-state index is 8.84. The van der Waals surface area contributed by atoms with Crippen molar-refractivity contribution in [2.24, 2.45) is 0 Å². The maximum Gasteiger partial charge on any atom is 0.126 e. The van der Waals surface area contributed by atoms with Crippen LogP contribution in [0.5, 0.6) is 0 Å². The zero-order valence-electron chi connectivity index (χ0n) is 13.3. The van der Waals surface area contributed by atoms with Crippen molar-refractivity contribution >= 4 is 17.6 Å². The van der Waals surface area contributed by atoms with Gasteiger partial charge in [-0.3, -0.25) is 0 Å². The summed E-state index contributed by atoms with van der Waals surface area (Å²) in [4.78, 5) is 4.35. The van der Waals surface area contributed by atoms with Crippen molar-refractivity contribution in [2.75, 3.05) is 17.7 Å². The van der Waals surface area contributed by atoms with Gasteiger partial charge in [0, 0.05) is 36.0 Å². The second-order valence-corrected chi connectivity index (χ2v) is 6.41. The van der Waals surface area contributed by atoms with Gasteiger partial charge in [-0.15, -0.1) is 0 Å². The fraction of sp³-hybridized carbons (Fsp3) is 0.222. The van der Waals surface area contributed by atoms with E-state index < -0.39 is 0 Å². The minimum Gasteiger partial charge on any atom is -0.396 e. The first-order chi connectivity index (χ1) is 11.8. The average molecular weight is 340 g/mol. The fourth-order valence-electron chi connectivity index (χ4n) is 2.28. The number of thioether (sulfide) groups is 1. The van der Waals surface area contributed by atoms with Crippen LogP contribution in [-0.2, 0) is 12.3 Å². The molecule has 124 valence electrons. The highest BCUT2D eigenvalue weighted by Gasteiger charge is 2.02. The molecule has 0 radical (unpaired) electrons. The molecule has 0 saturated carbocycles. The molecule has 6 heteroatoms. The standard InChI is InChI=1S/C18H20N4OS/c23-8-9-24-14-15-6-7-19-18(10-15)20-11-16-12-21-22(13-16)17-4-2-1-3-5-17/h1-7,10,12-13,23H,8-9,11,14H2,(H,19,20). The first kappa shape index (κ1) is 16.5. The number of rotatable bonds is 8. The van der Waals surface area contributed by atoms with Crippen molar-refractivity contribution in [3.05, 3.63) is 72.2 Å². The Labute approximate surface area is 145 Å². The Morgan fingerprint density at radius 1 is 1.12 bits per heavy atom. The lowest BCUT2D eigenvalue weighted by Crippen LogP contribution is -2.01. The third-order valence-corrected chi connectivity index (χ3v) is 4.47. The Morgan fingerprint density at radius 2 is 2.00 bits per heavy atom. The number of pyridine rings is 1. The van der Waals surface area contributed by atoms with Gasteiger partial charge in [0.25, 0.3) is 0 Å². The summed E-state index contributed by atoms with van der Waals surface area (Å²) in [6.07, 6.45) is 5.69. The van der Waals surface area contributed by atoms with Crippen LogP contribution in [0.3, 0.4) is 0 Å². The molecule has 0 unspecified atom stereocenters. The molecule has 0 amide bonds. The number of aliphatic hydroxyl groups excluding tert-OH is 1. The van der Waals surface area contributed by atoms with E-state index in [1.54, 1.807) is 11.8 Å². The zero-order valence-corrected chi connectivity index (χ0v) is 14.1. The number of nitrogens with zero attached hydrogens (tertiary/aromatic N) is 3. The predicted molar refractivity (Wildman–Crippen MR) is 98.4 cm³/mol. The predicted octanol–water partition coefficient (Wildman–Crippen LogP) is 3.10. The van der Waals surface area contributed by atoms with Crippen molar-refractivity contribution in [3.63, 3.8) is 0 Å². The summed E-state index contributed by atoms with van der Waals surface area (Å²) < 4.78 is 1.87. The summed E-state index contributed by atoms with van der Waals surface area (Å²) in [6, 6.07) is 14.1. The Kier molecular flexibility index (Phi) is 5.87. The van der Waals surface area contributed by atoms with E-state index in [0.717, 1.165) is 28.6 Å². The van der Waals surface area contributed by atoms with Gasteiger partial charge in [0.1, 0.15) is 5.82 Å². The molecule has 24 heavy (non-hydrogen) atoms. The van der Waals surface area contributed by atoms with Crippen LogP contribution in [0.2, 0.25) is 0 Å². The number of hydrogen-bond donors (Lipinski definition) is 2. The third-order valence-electron chi connectivity index (χ3n) is 3.46. The largest absolute Gasteiger partial charge is 0.396 e. The summed E-state index contributed by atoms with van der Waals surface area (Å²) in [5.74, 6) is 2.48. The van der Waals surface area contributed by atoms with Crippen LogP contribution in [0.4, 0.5) is 5.82 Å². The summed E-state index contributed by atoms with van der Waals surface area (Å²) in [6.45, 7) is 0.888. The molecule has 2 aromatic heterocycles. The van der Waals surface area contributed by atoms with E-state index in [1.807, 2.05) is 65.7 Å². The number of hydrogen-bond acceptors (Lipinski definition) is 5. The molecule has 3 rings (SSSR count). The molecule has 5 nitrogen and oxygen atoms in total. The molecule has 2 N–H and O–H groups in total. The van der Waals surface area contributed by atoms with Crippen LogP contribution >= 0.6 is 11.8 Å². The molecular weight excluding hydrogens is 320 g/mol.